The van der Waals surface area contributed by atoms with Gasteiger partial charge in [-0.05, 0) is 44.6 Å². The lowest BCUT2D eigenvalue weighted by Gasteiger charge is -2.32. The monoisotopic (exact) mass is 379 g/mol. The number of benzene rings is 1. The van der Waals surface area contributed by atoms with Gasteiger partial charge in [-0.1, -0.05) is 6.07 Å². The lowest BCUT2D eigenvalue weighted by Crippen LogP contribution is -2.48. The summed E-state index contributed by atoms with van der Waals surface area (Å²) >= 11 is 0. The van der Waals surface area contributed by atoms with Crippen LogP contribution in [0, 0.1) is 5.82 Å². The minimum atomic E-state index is -0.157. The lowest BCUT2D eigenvalue weighted by atomic mass is 10.1. The molecule has 2 rings (SSSR count). The number of nitrogens with one attached hydrogen (secondary N) is 2. The van der Waals surface area contributed by atoms with Crippen molar-refractivity contribution in [1.82, 2.24) is 20.4 Å². The van der Waals surface area contributed by atoms with Crippen LogP contribution in [-0.4, -0.2) is 76.3 Å². The van der Waals surface area contributed by atoms with Crippen molar-refractivity contribution in [3.8, 4) is 0 Å². The van der Waals surface area contributed by atoms with Crippen molar-refractivity contribution in [2.45, 2.75) is 32.0 Å². The number of rotatable bonds is 8. The van der Waals surface area contributed by atoms with Crippen LogP contribution in [0.15, 0.2) is 23.2 Å². The molecule has 0 bridgehead atoms. The van der Waals surface area contributed by atoms with Gasteiger partial charge in [0.15, 0.2) is 5.96 Å². The fourth-order valence-corrected chi connectivity index (χ4v) is 3.29. The SMILES string of the molecule is CN=C(NCc1ccc(F)c(CN(C)C)c1)NC1CCN(CCOC)CC1. The second-order valence-electron chi connectivity index (χ2n) is 7.34. The summed E-state index contributed by atoms with van der Waals surface area (Å²) in [5.74, 6) is 0.638. The Kier molecular flexibility index (Phi) is 8.97. The number of halogens is 1. The van der Waals surface area contributed by atoms with Crippen LogP contribution in [-0.2, 0) is 17.8 Å². The number of methoxy groups -OCH3 is 1. The molecule has 1 heterocycles. The maximum atomic E-state index is 13.9. The average molecular weight is 380 g/mol. The minimum absolute atomic E-state index is 0.157. The van der Waals surface area contributed by atoms with E-state index in [0.717, 1.165) is 50.6 Å². The third-order valence-corrected chi connectivity index (χ3v) is 4.82. The van der Waals surface area contributed by atoms with Gasteiger partial charge in [0.1, 0.15) is 5.82 Å². The van der Waals surface area contributed by atoms with Crippen LogP contribution in [0.3, 0.4) is 0 Å². The highest BCUT2D eigenvalue weighted by atomic mass is 19.1. The molecule has 1 aromatic carbocycles. The van der Waals surface area contributed by atoms with Crippen LogP contribution >= 0.6 is 0 Å². The van der Waals surface area contributed by atoms with Crippen LogP contribution in [0.4, 0.5) is 4.39 Å². The van der Waals surface area contributed by atoms with E-state index in [1.54, 1.807) is 20.2 Å². The summed E-state index contributed by atoms with van der Waals surface area (Å²) in [5.41, 5.74) is 1.76. The Morgan fingerprint density at radius 3 is 2.70 bits per heavy atom. The first-order chi connectivity index (χ1) is 13.0. The highest BCUT2D eigenvalue weighted by Crippen LogP contribution is 2.13. The second-order valence-corrected chi connectivity index (χ2v) is 7.34. The Balaban J connectivity index is 1.81. The third-order valence-electron chi connectivity index (χ3n) is 4.82. The highest BCUT2D eigenvalue weighted by molar-refractivity contribution is 5.79. The number of aliphatic imine (C=N–C) groups is 1. The Bertz CT molecular complexity index is 600. The molecule has 152 valence electrons. The fourth-order valence-electron chi connectivity index (χ4n) is 3.29. The number of likely N-dealkylation sites (tertiary alicyclic amines) is 1. The quantitative estimate of drug-likeness (QED) is 0.532. The van der Waals surface area contributed by atoms with Crippen molar-refractivity contribution in [2.75, 3.05) is 54.5 Å². The van der Waals surface area contributed by atoms with E-state index in [2.05, 4.69) is 20.5 Å². The van der Waals surface area contributed by atoms with Crippen LogP contribution < -0.4 is 10.6 Å². The molecule has 7 heteroatoms. The summed E-state index contributed by atoms with van der Waals surface area (Å²) < 4.78 is 19.1. The van der Waals surface area contributed by atoms with E-state index >= 15 is 0 Å². The zero-order valence-electron chi connectivity index (χ0n) is 17.1. The van der Waals surface area contributed by atoms with Crippen molar-refractivity contribution in [1.29, 1.82) is 0 Å². The topological polar surface area (TPSA) is 52.1 Å². The largest absolute Gasteiger partial charge is 0.383 e. The van der Waals surface area contributed by atoms with Gasteiger partial charge in [-0.15, -0.1) is 0 Å². The van der Waals surface area contributed by atoms with Crippen LogP contribution in [0.25, 0.3) is 0 Å². The summed E-state index contributed by atoms with van der Waals surface area (Å²) in [6, 6.07) is 5.71. The van der Waals surface area contributed by atoms with Gasteiger partial charge in [0.25, 0.3) is 0 Å². The van der Waals surface area contributed by atoms with Crippen molar-refractivity contribution in [3.63, 3.8) is 0 Å². The third kappa shape index (κ3) is 7.44. The van der Waals surface area contributed by atoms with Crippen molar-refractivity contribution >= 4 is 5.96 Å². The molecule has 1 aliphatic heterocycles. The maximum absolute atomic E-state index is 13.9. The van der Waals surface area contributed by atoms with Crippen molar-refractivity contribution in [2.24, 2.45) is 4.99 Å². The standard InChI is InChI=1S/C20H34FN5O/c1-22-20(24-18-7-9-26(10-8-18)11-12-27-4)23-14-16-5-6-19(21)17(13-16)15-25(2)3/h5-6,13,18H,7-12,14-15H2,1-4H3,(H2,22,23,24). The molecule has 1 saturated heterocycles. The van der Waals surface area contributed by atoms with Gasteiger partial charge in [-0.3, -0.25) is 4.99 Å². The molecule has 0 aromatic heterocycles. The van der Waals surface area contributed by atoms with Gasteiger partial charge >= 0.3 is 0 Å². The smallest absolute Gasteiger partial charge is 0.191 e. The van der Waals surface area contributed by atoms with Gasteiger partial charge in [-0.2, -0.15) is 0 Å². The number of guanidine groups is 1. The van der Waals surface area contributed by atoms with Gasteiger partial charge in [0.05, 0.1) is 6.61 Å². The summed E-state index contributed by atoms with van der Waals surface area (Å²) in [7, 11) is 7.41. The summed E-state index contributed by atoms with van der Waals surface area (Å²) in [4.78, 5) is 8.73. The normalized spacial score (nSPS) is 16.7. The van der Waals surface area contributed by atoms with E-state index in [-0.39, 0.29) is 5.82 Å². The number of nitrogens with zero attached hydrogens (tertiary/aromatic N) is 3. The molecule has 1 fully saturated rings. The molecule has 2 N–H and O–H groups in total. The molecular formula is C20H34FN5O. The Morgan fingerprint density at radius 1 is 1.33 bits per heavy atom. The van der Waals surface area contributed by atoms with Gasteiger partial charge in [0.2, 0.25) is 0 Å². The summed E-state index contributed by atoms with van der Waals surface area (Å²) in [6.45, 7) is 5.14. The van der Waals surface area contributed by atoms with E-state index in [0.29, 0.717) is 24.7 Å². The van der Waals surface area contributed by atoms with Gasteiger partial charge in [-0.25, -0.2) is 4.39 Å². The molecular weight excluding hydrogens is 345 g/mol. The molecule has 0 amide bonds. The van der Waals surface area contributed by atoms with E-state index in [4.69, 9.17) is 4.74 Å². The highest BCUT2D eigenvalue weighted by Gasteiger charge is 2.19. The lowest BCUT2D eigenvalue weighted by molar-refractivity contribution is 0.128. The first-order valence-corrected chi connectivity index (χ1v) is 9.62. The fraction of sp³-hybridized carbons (Fsp3) is 0.650. The van der Waals surface area contributed by atoms with E-state index < -0.39 is 0 Å². The molecule has 27 heavy (non-hydrogen) atoms. The average Bonchev–Trinajstić information content (AvgIpc) is 2.66. The number of hydrogen-bond acceptors (Lipinski definition) is 4. The molecule has 1 aliphatic rings. The first-order valence-electron chi connectivity index (χ1n) is 9.62. The first kappa shape index (κ1) is 21.6. The molecule has 1 aromatic rings. The Hall–Kier alpha value is -1.70. The maximum Gasteiger partial charge on any atom is 0.191 e. The predicted molar refractivity (Wildman–Crippen MR) is 108 cm³/mol. The zero-order valence-corrected chi connectivity index (χ0v) is 17.1. The number of piperidine rings is 1. The van der Waals surface area contributed by atoms with Crippen molar-refractivity contribution < 1.29 is 9.13 Å². The summed E-state index contributed by atoms with van der Waals surface area (Å²) in [5, 5.41) is 6.86. The van der Waals surface area contributed by atoms with Crippen LogP contribution in [0.5, 0.6) is 0 Å². The molecule has 0 radical (unpaired) electrons. The summed E-state index contributed by atoms with van der Waals surface area (Å²) in [6.07, 6.45) is 2.18. The van der Waals surface area contributed by atoms with E-state index in [9.17, 15) is 4.39 Å². The molecule has 0 atom stereocenters. The zero-order chi connectivity index (χ0) is 19.6. The van der Waals surface area contributed by atoms with Crippen molar-refractivity contribution in [3.05, 3.63) is 35.1 Å². The van der Waals surface area contributed by atoms with E-state index in [1.807, 2.05) is 31.1 Å². The molecule has 0 spiro atoms. The molecule has 0 aliphatic carbocycles. The number of ether oxygens (including phenoxy) is 1. The second kappa shape index (κ2) is 11.2. The minimum Gasteiger partial charge on any atom is -0.383 e. The Labute approximate surface area is 162 Å². The van der Waals surface area contributed by atoms with E-state index in [1.165, 1.54) is 0 Å². The predicted octanol–water partition coefficient (Wildman–Crippen LogP) is 1.66. The molecule has 6 nitrogen and oxygen atoms in total. The molecule has 0 unspecified atom stereocenters. The number of hydrogen-bond donors (Lipinski definition) is 2. The van der Waals surface area contributed by atoms with Gasteiger partial charge < -0.3 is 25.2 Å². The molecule has 0 saturated carbocycles. The van der Waals surface area contributed by atoms with Crippen LogP contribution in [0.2, 0.25) is 0 Å². The Morgan fingerprint density at radius 2 is 2.07 bits per heavy atom. The van der Waals surface area contributed by atoms with Gasteiger partial charge in [0, 0.05) is 58.5 Å². The van der Waals surface area contributed by atoms with Crippen LogP contribution in [0.1, 0.15) is 24.0 Å².